The zero-order valence-corrected chi connectivity index (χ0v) is 6.30. The molecule has 1 aliphatic carbocycles. The minimum absolute atomic E-state index is 0.0820. The maximum Gasteiger partial charge on any atom is 0.407 e. The molecule has 5 heteroatoms. The van der Waals surface area contributed by atoms with Crippen LogP contribution >= 0.6 is 0 Å². The highest BCUT2D eigenvalue weighted by molar-refractivity contribution is 5.76. The van der Waals surface area contributed by atoms with Gasteiger partial charge in [-0.25, -0.2) is 4.79 Å². The van der Waals surface area contributed by atoms with Crippen LogP contribution in [-0.4, -0.2) is 40.3 Å². The second kappa shape index (κ2) is 2.12. The van der Waals surface area contributed by atoms with Gasteiger partial charge in [0.2, 0.25) is 0 Å². The van der Waals surface area contributed by atoms with Crippen LogP contribution in [0.3, 0.4) is 0 Å². The SMILES string of the molecule is O=C(O)C1C2CN(C(=O)O)CC21. The Hall–Kier alpha value is -1.26. The Bertz CT molecular complexity index is 228. The molecule has 12 heavy (non-hydrogen) atoms. The largest absolute Gasteiger partial charge is 0.481 e. The van der Waals surface area contributed by atoms with Crippen molar-refractivity contribution in [3.05, 3.63) is 0 Å². The molecule has 5 nitrogen and oxygen atoms in total. The molecule has 0 aromatic heterocycles. The number of likely N-dealkylation sites (tertiary alicyclic amines) is 1. The summed E-state index contributed by atoms with van der Waals surface area (Å²) in [6, 6.07) is 0. The van der Waals surface area contributed by atoms with Gasteiger partial charge in [-0.2, -0.15) is 0 Å². The molecule has 2 atom stereocenters. The Morgan fingerprint density at radius 1 is 1.17 bits per heavy atom. The third-order valence-corrected chi connectivity index (χ3v) is 2.75. The van der Waals surface area contributed by atoms with E-state index < -0.39 is 12.1 Å². The van der Waals surface area contributed by atoms with Gasteiger partial charge in [0.1, 0.15) is 0 Å². The fraction of sp³-hybridized carbons (Fsp3) is 0.714. The predicted octanol–water partition coefficient (Wildman–Crippen LogP) is -0.0732. The lowest BCUT2D eigenvalue weighted by Gasteiger charge is -2.13. The number of hydrogen-bond donors (Lipinski definition) is 2. The van der Waals surface area contributed by atoms with E-state index in [-0.39, 0.29) is 17.8 Å². The molecule has 0 aromatic carbocycles. The van der Waals surface area contributed by atoms with E-state index in [0.29, 0.717) is 13.1 Å². The first kappa shape index (κ1) is 7.39. The topological polar surface area (TPSA) is 77.8 Å². The van der Waals surface area contributed by atoms with Crippen LogP contribution in [0.5, 0.6) is 0 Å². The van der Waals surface area contributed by atoms with Crippen molar-refractivity contribution in [2.45, 2.75) is 0 Å². The van der Waals surface area contributed by atoms with Gasteiger partial charge in [0.15, 0.2) is 0 Å². The minimum Gasteiger partial charge on any atom is -0.481 e. The minimum atomic E-state index is -0.939. The van der Waals surface area contributed by atoms with E-state index >= 15 is 0 Å². The molecule has 0 spiro atoms. The van der Waals surface area contributed by atoms with Gasteiger partial charge in [0.25, 0.3) is 0 Å². The van der Waals surface area contributed by atoms with E-state index in [1.54, 1.807) is 0 Å². The number of carboxylic acids is 1. The van der Waals surface area contributed by atoms with Crippen LogP contribution in [0.25, 0.3) is 0 Å². The van der Waals surface area contributed by atoms with E-state index in [1.807, 2.05) is 0 Å². The van der Waals surface area contributed by atoms with Gasteiger partial charge in [-0.05, 0) is 11.8 Å². The molecule has 2 fully saturated rings. The highest BCUT2D eigenvalue weighted by Gasteiger charge is 2.60. The van der Waals surface area contributed by atoms with E-state index in [1.165, 1.54) is 4.90 Å². The standard InChI is InChI=1S/C7H9NO4/c9-6(10)5-3-1-8(7(11)12)2-4(3)5/h3-5H,1-2H2,(H,9,10)(H,11,12). The highest BCUT2D eigenvalue weighted by atomic mass is 16.4. The van der Waals surface area contributed by atoms with Gasteiger partial charge in [-0.1, -0.05) is 0 Å². The molecule has 2 rings (SSSR count). The summed E-state index contributed by atoms with van der Waals surface area (Å²) in [6.07, 6.45) is -0.939. The monoisotopic (exact) mass is 171 g/mol. The number of hydrogen-bond acceptors (Lipinski definition) is 2. The lowest BCUT2D eigenvalue weighted by atomic mass is 10.3. The molecule has 1 saturated heterocycles. The summed E-state index contributed by atoms with van der Waals surface area (Å²) in [5.74, 6) is -0.896. The smallest absolute Gasteiger partial charge is 0.407 e. The molecular formula is C7H9NO4. The quantitative estimate of drug-likeness (QED) is 0.578. The van der Waals surface area contributed by atoms with E-state index in [9.17, 15) is 9.59 Å². The Morgan fingerprint density at radius 2 is 1.67 bits per heavy atom. The van der Waals surface area contributed by atoms with Crippen molar-refractivity contribution in [1.82, 2.24) is 4.90 Å². The number of rotatable bonds is 1. The predicted molar refractivity (Wildman–Crippen MR) is 37.7 cm³/mol. The summed E-state index contributed by atoms with van der Waals surface area (Å²) in [4.78, 5) is 22.2. The van der Waals surface area contributed by atoms with Crippen molar-refractivity contribution < 1.29 is 19.8 Å². The third kappa shape index (κ3) is 0.855. The maximum atomic E-state index is 10.5. The van der Waals surface area contributed by atoms with Crippen molar-refractivity contribution in [3.8, 4) is 0 Å². The first-order chi connectivity index (χ1) is 5.61. The molecule has 66 valence electrons. The normalized spacial score (nSPS) is 37.7. The van der Waals surface area contributed by atoms with Crippen LogP contribution in [0, 0.1) is 17.8 Å². The van der Waals surface area contributed by atoms with Gasteiger partial charge >= 0.3 is 12.1 Å². The number of carboxylic acid groups (broad SMARTS) is 2. The fourth-order valence-corrected chi connectivity index (χ4v) is 2.05. The van der Waals surface area contributed by atoms with E-state index in [0.717, 1.165) is 0 Å². The van der Waals surface area contributed by atoms with E-state index in [2.05, 4.69) is 0 Å². The molecule has 0 radical (unpaired) electrons. The number of piperidine rings is 1. The molecule has 2 unspecified atom stereocenters. The summed E-state index contributed by atoms with van der Waals surface area (Å²) in [5, 5.41) is 17.2. The number of nitrogens with zero attached hydrogens (tertiary/aromatic N) is 1. The van der Waals surface area contributed by atoms with Crippen LogP contribution in [0.1, 0.15) is 0 Å². The van der Waals surface area contributed by atoms with Crippen LogP contribution in [0.4, 0.5) is 4.79 Å². The van der Waals surface area contributed by atoms with Crippen molar-refractivity contribution in [2.75, 3.05) is 13.1 Å². The number of carbonyl (C=O) groups is 2. The number of amides is 1. The second-order valence-electron chi connectivity index (χ2n) is 3.38. The number of aliphatic carboxylic acids is 1. The van der Waals surface area contributed by atoms with Crippen LogP contribution < -0.4 is 0 Å². The Balaban J connectivity index is 1.94. The summed E-state index contributed by atoms with van der Waals surface area (Å²) < 4.78 is 0. The van der Waals surface area contributed by atoms with Crippen molar-refractivity contribution >= 4 is 12.1 Å². The van der Waals surface area contributed by atoms with Crippen molar-refractivity contribution in [1.29, 1.82) is 0 Å². The zero-order chi connectivity index (χ0) is 8.88. The molecule has 1 heterocycles. The maximum absolute atomic E-state index is 10.5. The highest BCUT2D eigenvalue weighted by Crippen LogP contribution is 2.51. The average molecular weight is 171 g/mol. The molecule has 0 bridgehead atoms. The van der Waals surface area contributed by atoms with Crippen LogP contribution in [0.2, 0.25) is 0 Å². The summed E-state index contributed by atoms with van der Waals surface area (Å²) in [6.45, 7) is 0.800. The molecular weight excluding hydrogens is 162 g/mol. The Morgan fingerprint density at radius 3 is 2.00 bits per heavy atom. The molecule has 0 aromatic rings. The zero-order valence-electron chi connectivity index (χ0n) is 6.30. The summed E-state index contributed by atoms with van der Waals surface area (Å²) in [7, 11) is 0. The average Bonchev–Trinajstić information content (AvgIpc) is 2.48. The second-order valence-corrected chi connectivity index (χ2v) is 3.38. The van der Waals surface area contributed by atoms with Crippen LogP contribution in [-0.2, 0) is 4.79 Å². The van der Waals surface area contributed by atoms with Crippen molar-refractivity contribution in [3.63, 3.8) is 0 Å². The summed E-state index contributed by atoms with van der Waals surface area (Å²) >= 11 is 0. The molecule has 2 N–H and O–H groups in total. The van der Waals surface area contributed by atoms with Gasteiger partial charge in [-0.3, -0.25) is 4.79 Å². The van der Waals surface area contributed by atoms with Gasteiger partial charge < -0.3 is 15.1 Å². The van der Waals surface area contributed by atoms with Crippen molar-refractivity contribution in [2.24, 2.45) is 17.8 Å². The van der Waals surface area contributed by atoms with Gasteiger partial charge in [0, 0.05) is 13.1 Å². The molecule has 1 amide bonds. The Labute approximate surface area is 68.6 Å². The van der Waals surface area contributed by atoms with Crippen LogP contribution in [0.15, 0.2) is 0 Å². The van der Waals surface area contributed by atoms with E-state index in [4.69, 9.17) is 10.2 Å². The lowest BCUT2D eigenvalue weighted by Crippen LogP contribution is -2.30. The molecule has 1 aliphatic heterocycles. The fourth-order valence-electron chi connectivity index (χ4n) is 2.05. The first-order valence-corrected chi connectivity index (χ1v) is 3.82. The lowest BCUT2D eigenvalue weighted by molar-refractivity contribution is -0.139. The molecule has 2 aliphatic rings. The number of fused-ring (bicyclic) bond motifs is 1. The first-order valence-electron chi connectivity index (χ1n) is 3.82. The Kier molecular flexibility index (Phi) is 1.31. The van der Waals surface area contributed by atoms with Gasteiger partial charge in [0.05, 0.1) is 5.92 Å². The molecule has 1 saturated carbocycles. The summed E-state index contributed by atoms with van der Waals surface area (Å²) in [5.41, 5.74) is 0. The third-order valence-electron chi connectivity index (χ3n) is 2.75. The van der Waals surface area contributed by atoms with Gasteiger partial charge in [-0.15, -0.1) is 0 Å².